The molecule has 0 aliphatic carbocycles. The van der Waals surface area contributed by atoms with E-state index in [1.54, 1.807) is 13.2 Å². The van der Waals surface area contributed by atoms with E-state index < -0.39 is 0 Å². The molecule has 15 heavy (non-hydrogen) atoms. The summed E-state index contributed by atoms with van der Waals surface area (Å²) in [6.45, 7) is 5.78. The average molecular weight is 211 g/mol. The number of methoxy groups -OCH3 is 1. The summed E-state index contributed by atoms with van der Waals surface area (Å²) in [7, 11) is 1.65. The average Bonchev–Trinajstić information content (AvgIpc) is 2.20. The van der Waals surface area contributed by atoms with Gasteiger partial charge >= 0.3 is 0 Å². The first-order chi connectivity index (χ1) is 7.04. The quantitative estimate of drug-likeness (QED) is 0.826. The highest BCUT2D eigenvalue weighted by atomic mass is 19.1. The van der Waals surface area contributed by atoms with Crippen LogP contribution in [0.2, 0.25) is 0 Å². The summed E-state index contributed by atoms with van der Waals surface area (Å²) >= 11 is 0. The largest absolute Gasteiger partial charge is 0.380 e. The Labute approximate surface area is 90.4 Å². The molecule has 0 saturated heterocycles. The van der Waals surface area contributed by atoms with Crippen LogP contribution < -0.4 is 5.32 Å². The van der Waals surface area contributed by atoms with Crippen LogP contribution in [-0.4, -0.2) is 19.3 Å². The minimum absolute atomic E-state index is 0.0469. The van der Waals surface area contributed by atoms with E-state index in [4.69, 9.17) is 4.74 Å². The monoisotopic (exact) mass is 211 g/mol. The molecular formula is C12H18FNO. The zero-order valence-corrected chi connectivity index (χ0v) is 9.67. The first-order valence-electron chi connectivity index (χ1n) is 5.10. The van der Waals surface area contributed by atoms with Crippen molar-refractivity contribution in [3.63, 3.8) is 0 Å². The summed E-state index contributed by atoms with van der Waals surface area (Å²) in [6.07, 6.45) is 0.0469. The molecule has 0 aromatic heterocycles. The standard InChI is InChI=1S/C12H18FNO/c1-8-5-6-12(11(13)7-8)14-9(2)10(3)15-4/h5-7,9-10,14H,1-4H3. The highest BCUT2D eigenvalue weighted by Gasteiger charge is 2.12. The van der Waals surface area contributed by atoms with Crippen LogP contribution in [0.5, 0.6) is 0 Å². The highest BCUT2D eigenvalue weighted by Crippen LogP contribution is 2.17. The minimum atomic E-state index is -0.217. The van der Waals surface area contributed by atoms with Crippen molar-refractivity contribution >= 4 is 5.69 Å². The van der Waals surface area contributed by atoms with Crippen molar-refractivity contribution in [3.8, 4) is 0 Å². The van der Waals surface area contributed by atoms with E-state index in [1.165, 1.54) is 6.07 Å². The Kier molecular flexibility index (Phi) is 4.09. The van der Waals surface area contributed by atoms with Crippen molar-refractivity contribution in [2.24, 2.45) is 0 Å². The van der Waals surface area contributed by atoms with E-state index in [1.807, 2.05) is 26.8 Å². The van der Waals surface area contributed by atoms with E-state index in [0.717, 1.165) is 5.56 Å². The molecule has 2 atom stereocenters. The van der Waals surface area contributed by atoms with Crippen molar-refractivity contribution in [1.29, 1.82) is 0 Å². The Morgan fingerprint density at radius 1 is 1.33 bits per heavy atom. The van der Waals surface area contributed by atoms with Gasteiger partial charge in [-0.1, -0.05) is 6.07 Å². The topological polar surface area (TPSA) is 21.3 Å². The number of hydrogen-bond donors (Lipinski definition) is 1. The molecule has 0 bridgehead atoms. The highest BCUT2D eigenvalue weighted by molar-refractivity contribution is 5.47. The van der Waals surface area contributed by atoms with E-state index in [0.29, 0.717) is 5.69 Å². The molecule has 2 nitrogen and oxygen atoms in total. The predicted molar refractivity (Wildman–Crippen MR) is 60.7 cm³/mol. The van der Waals surface area contributed by atoms with Crippen LogP contribution >= 0.6 is 0 Å². The number of hydrogen-bond acceptors (Lipinski definition) is 2. The van der Waals surface area contributed by atoms with Crippen LogP contribution in [0.3, 0.4) is 0 Å². The lowest BCUT2D eigenvalue weighted by Crippen LogP contribution is -2.30. The third-order valence-electron chi connectivity index (χ3n) is 2.58. The summed E-state index contributed by atoms with van der Waals surface area (Å²) in [5.74, 6) is -0.217. The second-order valence-corrected chi connectivity index (χ2v) is 3.86. The van der Waals surface area contributed by atoms with Crippen LogP contribution in [0.1, 0.15) is 19.4 Å². The third kappa shape index (κ3) is 3.20. The molecule has 0 amide bonds. The summed E-state index contributed by atoms with van der Waals surface area (Å²) in [4.78, 5) is 0. The maximum absolute atomic E-state index is 13.5. The lowest BCUT2D eigenvalue weighted by atomic mass is 10.1. The first kappa shape index (κ1) is 12.0. The predicted octanol–water partition coefficient (Wildman–Crippen LogP) is 2.97. The molecule has 0 heterocycles. The smallest absolute Gasteiger partial charge is 0.146 e. The van der Waals surface area contributed by atoms with E-state index in [-0.39, 0.29) is 18.0 Å². The van der Waals surface area contributed by atoms with E-state index >= 15 is 0 Å². The molecular weight excluding hydrogens is 193 g/mol. The fraction of sp³-hybridized carbons (Fsp3) is 0.500. The number of benzene rings is 1. The fourth-order valence-corrected chi connectivity index (χ4v) is 1.30. The van der Waals surface area contributed by atoms with Crippen molar-refractivity contribution in [1.82, 2.24) is 0 Å². The maximum atomic E-state index is 13.5. The summed E-state index contributed by atoms with van der Waals surface area (Å²) < 4.78 is 18.6. The number of aryl methyl sites for hydroxylation is 1. The molecule has 1 rings (SSSR count). The van der Waals surface area contributed by atoms with Gasteiger partial charge in [0.15, 0.2) is 0 Å². The van der Waals surface area contributed by atoms with Crippen LogP contribution in [0.4, 0.5) is 10.1 Å². The molecule has 0 fully saturated rings. The van der Waals surface area contributed by atoms with Gasteiger partial charge in [0.25, 0.3) is 0 Å². The van der Waals surface area contributed by atoms with Crippen molar-refractivity contribution in [2.45, 2.75) is 32.9 Å². The Morgan fingerprint density at radius 3 is 2.53 bits per heavy atom. The molecule has 0 radical (unpaired) electrons. The van der Waals surface area contributed by atoms with E-state index in [9.17, 15) is 4.39 Å². The van der Waals surface area contributed by atoms with Crippen LogP contribution in [-0.2, 0) is 4.74 Å². The maximum Gasteiger partial charge on any atom is 0.146 e. The normalized spacial score (nSPS) is 14.7. The van der Waals surface area contributed by atoms with Gasteiger partial charge in [-0.15, -0.1) is 0 Å². The Balaban J connectivity index is 2.72. The van der Waals surface area contributed by atoms with Crippen molar-refractivity contribution in [3.05, 3.63) is 29.6 Å². The van der Waals surface area contributed by atoms with Crippen LogP contribution in [0, 0.1) is 12.7 Å². The van der Waals surface area contributed by atoms with Crippen molar-refractivity contribution < 1.29 is 9.13 Å². The summed E-state index contributed by atoms with van der Waals surface area (Å²) in [5.41, 5.74) is 1.45. The Morgan fingerprint density at radius 2 is 2.00 bits per heavy atom. The zero-order valence-electron chi connectivity index (χ0n) is 9.67. The Hall–Kier alpha value is -1.09. The Bertz CT molecular complexity index is 327. The molecule has 0 aliphatic rings. The van der Waals surface area contributed by atoms with Gasteiger partial charge in [0.1, 0.15) is 5.82 Å². The molecule has 1 aromatic rings. The van der Waals surface area contributed by atoms with Gasteiger partial charge < -0.3 is 10.1 Å². The molecule has 84 valence electrons. The van der Waals surface area contributed by atoms with Crippen LogP contribution in [0.25, 0.3) is 0 Å². The molecule has 1 N–H and O–H groups in total. The molecule has 3 heteroatoms. The zero-order chi connectivity index (χ0) is 11.4. The molecule has 1 aromatic carbocycles. The molecule has 0 aliphatic heterocycles. The third-order valence-corrected chi connectivity index (χ3v) is 2.58. The summed E-state index contributed by atoms with van der Waals surface area (Å²) in [6, 6.07) is 5.23. The van der Waals surface area contributed by atoms with Gasteiger partial charge in [-0.05, 0) is 38.5 Å². The molecule has 0 saturated carbocycles. The van der Waals surface area contributed by atoms with Gasteiger partial charge in [-0.2, -0.15) is 0 Å². The van der Waals surface area contributed by atoms with Gasteiger partial charge in [0.05, 0.1) is 11.8 Å². The first-order valence-corrected chi connectivity index (χ1v) is 5.10. The second kappa shape index (κ2) is 5.12. The fourth-order valence-electron chi connectivity index (χ4n) is 1.30. The summed E-state index contributed by atoms with van der Waals surface area (Å²) in [5, 5.41) is 3.09. The lowest BCUT2D eigenvalue weighted by Gasteiger charge is -2.21. The van der Waals surface area contributed by atoms with Gasteiger partial charge in [-0.25, -0.2) is 4.39 Å². The van der Waals surface area contributed by atoms with E-state index in [2.05, 4.69) is 5.32 Å². The van der Waals surface area contributed by atoms with Crippen molar-refractivity contribution in [2.75, 3.05) is 12.4 Å². The van der Waals surface area contributed by atoms with Gasteiger partial charge in [0.2, 0.25) is 0 Å². The lowest BCUT2D eigenvalue weighted by molar-refractivity contribution is 0.106. The molecule has 0 spiro atoms. The second-order valence-electron chi connectivity index (χ2n) is 3.86. The number of ether oxygens (including phenoxy) is 1. The number of halogens is 1. The van der Waals surface area contributed by atoms with Gasteiger partial charge in [-0.3, -0.25) is 0 Å². The molecule has 2 unspecified atom stereocenters. The number of nitrogens with one attached hydrogen (secondary N) is 1. The number of anilines is 1. The number of rotatable bonds is 4. The minimum Gasteiger partial charge on any atom is -0.380 e. The SMILES string of the molecule is COC(C)C(C)Nc1ccc(C)cc1F. The van der Waals surface area contributed by atoms with Crippen LogP contribution in [0.15, 0.2) is 18.2 Å². The van der Waals surface area contributed by atoms with Gasteiger partial charge in [0, 0.05) is 13.2 Å².